The normalized spacial score (nSPS) is 13.8. The van der Waals surface area contributed by atoms with Gasteiger partial charge in [-0.25, -0.2) is 4.98 Å². The number of hydrogen-bond acceptors (Lipinski definition) is 9. The monoisotopic (exact) mass is 438 g/mol. The summed E-state index contributed by atoms with van der Waals surface area (Å²) in [7, 11) is 1.65. The SMILES string of the molecule is COc1ccc(Nc2nccc(NCCn3cnnc3)n2)cc1OCCCN1CCCC1. The van der Waals surface area contributed by atoms with Gasteiger partial charge in [-0.3, -0.25) is 0 Å². The maximum Gasteiger partial charge on any atom is 0.229 e. The van der Waals surface area contributed by atoms with Crippen molar-refractivity contribution in [3.8, 4) is 11.5 Å². The van der Waals surface area contributed by atoms with Crippen molar-refractivity contribution in [3.05, 3.63) is 43.1 Å². The Bertz CT molecular complexity index is 960. The molecule has 1 saturated heterocycles. The van der Waals surface area contributed by atoms with E-state index >= 15 is 0 Å². The first kappa shape index (κ1) is 21.8. The van der Waals surface area contributed by atoms with E-state index in [-0.39, 0.29) is 0 Å². The van der Waals surface area contributed by atoms with Gasteiger partial charge in [0.2, 0.25) is 5.95 Å². The van der Waals surface area contributed by atoms with Gasteiger partial charge in [-0.15, -0.1) is 10.2 Å². The minimum Gasteiger partial charge on any atom is -0.493 e. The van der Waals surface area contributed by atoms with Crippen molar-refractivity contribution in [2.24, 2.45) is 0 Å². The van der Waals surface area contributed by atoms with E-state index in [9.17, 15) is 0 Å². The number of anilines is 3. The standard InChI is InChI=1S/C22H30N8O2/c1-31-19-6-5-18(15-20(19)32-14-4-12-29-10-2-3-11-29)27-22-24-8-7-21(28-22)23-9-13-30-16-25-26-17-30/h5-8,15-17H,2-4,9-14H2,1H3,(H2,23,24,27,28). The fraction of sp³-hybridized carbons (Fsp3) is 0.455. The van der Waals surface area contributed by atoms with Crippen molar-refractivity contribution in [3.63, 3.8) is 0 Å². The van der Waals surface area contributed by atoms with E-state index < -0.39 is 0 Å². The molecule has 3 aromatic rings. The maximum absolute atomic E-state index is 6.02. The highest BCUT2D eigenvalue weighted by Crippen LogP contribution is 2.31. The third kappa shape index (κ3) is 6.30. The zero-order chi connectivity index (χ0) is 22.0. The summed E-state index contributed by atoms with van der Waals surface area (Å²) in [6, 6.07) is 7.56. The molecule has 4 rings (SSSR count). The summed E-state index contributed by atoms with van der Waals surface area (Å²) in [5.74, 6) is 2.66. The van der Waals surface area contributed by atoms with Crippen LogP contribution in [0.5, 0.6) is 11.5 Å². The first-order chi connectivity index (χ1) is 15.8. The van der Waals surface area contributed by atoms with Gasteiger partial charge in [0.1, 0.15) is 18.5 Å². The quantitative estimate of drug-likeness (QED) is 0.413. The molecule has 32 heavy (non-hydrogen) atoms. The Labute approximate surface area is 188 Å². The minimum absolute atomic E-state index is 0.504. The van der Waals surface area contributed by atoms with Gasteiger partial charge in [0.25, 0.3) is 0 Å². The Morgan fingerprint density at radius 2 is 1.88 bits per heavy atom. The first-order valence-corrected chi connectivity index (χ1v) is 11.0. The zero-order valence-electron chi connectivity index (χ0n) is 18.4. The highest BCUT2D eigenvalue weighted by atomic mass is 16.5. The van der Waals surface area contributed by atoms with Gasteiger partial charge >= 0.3 is 0 Å². The molecule has 0 amide bonds. The molecular weight excluding hydrogens is 408 g/mol. The third-order valence-electron chi connectivity index (χ3n) is 5.29. The van der Waals surface area contributed by atoms with Crippen LogP contribution in [0.1, 0.15) is 19.3 Å². The average molecular weight is 439 g/mol. The van der Waals surface area contributed by atoms with Crippen LogP contribution >= 0.6 is 0 Å². The molecule has 10 nitrogen and oxygen atoms in total. The summed E-state index contributed by atoms with van der Waals surface area (Å²) >= 11 is 0. The van der Waals surface area contributed by atoms with Crippen LogP contribution in [0.2, 0.25) is 0 Å². The van der Waals surface area contributed by atoms with Crippen molar-refractivity contribution < 1.29 is 9.47 Å². The summed E-state index contributed by atoms with van der Waals surface area (Å²) in [6.45, 7) is 5.59. The van der Waals surface area contributed by atoms with Gasteiger partial charge < -0.3 is 29.6 Å². The van der Waals surface area contributed by atoms with Gasteiger partial charge in [0, 0.05) is 37.6 Å². The molecule has 0 spiro atoms. The largest absolute Gasteiger partial charge is 0.493 e. The van der Waals surface area contributed by atoms with Gasteiger partial charge in [0.05, 0.1) is 13.7 Å². The Morgan fingerprint density at radius 3 is 2.69 bits per heavy atom. The highest BCUT2D eigenvalue weighted by molar-refractivity contribution is 5.60. The van der Waals surface area contributed by atoms with E-state index in [1.165, 1.54) is 25.9 Å². The molecule has 10 heteroatoms. The highest BCUT2D eigenvalue weighted by Gasteiger charge is 2.11. The van der Waals surface area contributed by atoms with Crippen LogP contribution in [0, 0.1) is 0 Å². The van der Waals surface area contributed by atoms with Crippen LogP contribution in [-0.4, -0.2) is 69.5 Å². The predicted molar refractivity (Wildman–Crippen MR) is 123 cm³/mol. The van der Waals surface area contributed by atoms with Crippen LogP contribution in [0.15, 0.2) is 43.1 Å². The summed E-state index contributed by atoms with van der Waals surface area (Å²) in [5, 5.41) is 14.1. The topological polar surface area (TPSA) is 102 Å². The van der Waals surface area contributed by atoms with E-state index in [0.29, 0.717) is 30.6 Å². The fourth-order valence-corrected chi connectivity index (χ4v) is 3.64. The number of benzene rings is 1. The van der Waals surface area contributed by atoms with Gasteiger partial charge in [-0.1, -0.05) is 0 Å². The number of ether oxygens (including phenoxy) is 2. The average Bonchev–Trinajstić information content (AvgIpc) is 3.52. The molecule has 0 unspecified atom stereocenters. The molecule has 1 fully saturated rings. The van der Waals surface area contributed by atoms with Crippen LogP contribution in [0.25, 0.3) is 0 Å². The number of likely N-dealkylation sites (tertiary alicyclic amines) is 1. The molecule has 1 aromatic carbocycles. The second-order valence-corrected chi connectivity index (χ2v) is 7.63. The van der Waals surface area contributed by atoms with Crippen molar-refractivity contribution in [1.82, 2.24) is 29.6 Å². The minimum atomic E-state index is 0.504. The molecule has 0 aliphatic carbocycles. The lowest BCUT2D eigenvalue weighted by Crippen LogP contribution is -2.21. The molecule has 170 valence electrons. The zero-order valence-corrected chi connectivity index (χ0v) is 18.4. The van der Waals surface area contributed by atoms with Crippen molar-refractivity contribution in [2.45, 2.75) is 25.8 Å². The molecular formula is C22H30N8O2. The van der Waals surface area contributed by atoms with Crippen molar-refractivity contribution >= 4 is 17.5 Å². The summed E-state index contributed by atoms with van der Waals surface area (Å²) in [5.41, 5.74) is 0.835. The molecule has 2 N–H and O–H groups in total. The van der Waals surface area contributed by atoms with Crippen LogP contribution in [-0.2, 0) is 6.54 Å². The van der Waals surface area contributed by atoms with Gasteiger partial charge in [0.15, 0.2) is 11.5 Å². The van der Waals surface area contributed by atoms with Crippen molar-refractivity contribution in [2.75, 3.05) is 50.5 Å². The molecule has 0 radical (unpaired) electrons. The van der Waals surface area contributed by atoms with E-state index in [0.717, 1.165) is 31.0 Å². The molecule has 0 bridgehead atoms. The smallest absolute Gasteiger partial charge is 0.229 e. The second kappa shape index (κ2) is 11.3. The van der Waals surface area contributed by atoms with Crippen LogP contribution < -0.4 is 20.1 Å². The Balaban J connectivity index is 1.31. The lowest BCUT2D eigenvalue weighted by molar-refractivity contribution is 0.254. The Kier molecular flexibility index (Phi) is 7.69. The summed E-state index contributed by atoms with van der Waals surface area (Å²) in [4.78, 5) is 11.3. The number of methoxy groups -OCH3 is 1. The predicted octanol–water partition coefficient (Wildman–Crippen LogP) is 2.80. The van der Waals surface area contributed by atoms with Crippen LogP contribution in [0.4, 0.5) is 17.5 Å². The van der Waals surface area contributed by atoms with E-state index in [1.54, 1.807) is 26.0 Å². The third-order valence-corrected chi connectivity index (χ3v) is 5.29. The molecule has 1 aliphatic heterocycles. The van der Waals surface area contributed by atoms with Gasteiger partial charge in [-0.05, 0) is 50.6 Å². The molecule has 0 atom stereocenters. The van der Waals surface area contributed by atoms with Crippen molar-refractivity contribution in [1.29, 1.82) is 0 Å². The van der Waals surface area contributed by atoms with E-state index in [4.69, 9.17) is 9.47 Å². The molecule has 3 heterocycles. The van der Waals surface area contributed by atoms with Crippen LogP contribution in [0.3, 0.4) is 0 Å². The summed E-state index contributed by atoms with van der Waals surface area (Å²) in [6.07, 6.45) is 8.70. The number of rotatable bonds is 12. The number of nitrogens with zero attached hydrogens (tertiary/aromatic N) is 6. The fourth-order valence-electron chi connectivity index (χ4n) is 3.64. The Morgan fingerprint density at radius 1 is 1.03 bits per heavy atom. The lowest BCUT2D eigenvalue weighted by atomic mass is 10.2. The van der Waals surface area contributed by atoms with E-state index in [2.05, 4.69) is 35.7 Å². The van der Waals surface area contributed by atoms with Gasteiger partial charge in [-0.2, -0.15) is 4.98 Å². The number of aromatic nitrogens is 5. The second-order valence-electron chi connectivity index (χ2n) is 7.63. The molecule has 0 saturated carbocycles. The summed E-state index contributed by atoms with van der Waals surface area (Å²) < 4.78 is 13.4. The molecule has 2 aromatic heterocycles. The maximum atomic E-state index is 6.02. The van der Waals surface area contributed by atoms with E-state index in [1.807, 2.05) is 28.8 Å². The number of hydrogen-bond donors (Lipinski definition) is 2. The number of nitrogens with one attached hydrogen (secondary N) is 2. The Hall–Kier alpha value is -3.40. The lowest BCUT2D eigenvalue weighted by Gasteiger charge is -2.16. The first-order valence-electron chi connectivity index (χ1n) is 11.0. The molecule has 1 aliphatic rings.